The minimum atomic E-state index is 0.588. The van der Waals surface area contributed by atoms with Crippen molar-refractivity contribution in [2.24, 2.45) is 4.99 Å². The zero-order valence-corrected chi connectivity index (χ0v) is 27.6. The van der Waals surface area contributed by atoms with E-state index in [2.05, 4.69) is 30.8 Å². The van der Waals surface area contributed by atoms with Crippen molar-refractivity contribution in [1.82, 2.24) is 15.0 Å². The van der Waals surface area contributed by atoms with Crippen LogP contribution in [-0.2, 0) is 0 Å². The number of hydrogen-bond acceptors (Lipinski definition) is 5. The maximum Gasteiger partial charge on any atom is 0.164 e. The van der Waals surface area contributed by atoms with Gasteiger partial charge in [-0.25, -0.2) is 15.0 Å². The molecule has 0 unspecified atom stereocenters. The normalized spacial score (nSPS) is 11.6. The second-order valence-electron chi connectivity index (χ2n) is 11.6. The average molecular weight is 647 g/mol. The van der Waals surface area contributed by atoms with Gasteiger partial charge >= 0.3 is 0 Å². The molecule has 0 amide bonds. The number of rotatable bonds is 10. The third-order valence-corrected chi connectivity index (χ3v) is 8.13. The van der Waals surface area contributed by atoms with Gasteiger partial charge in [-0.3, -0.25) is 4.99 Å². The van der Waals surface area contributed by atoms with Gasteiger partial charge in [-0.15, -0.1) is 0 Å². The van der Waals surface area contributed by atoms with Gasteiger partial charge < -0.3 is 4.74 Å². The molecular formula is C45H34N4O. The SMILES string of the molecule is C=C(/C=C(\N=C(C)c1ccccc1Oc1ccc(-c2nc(-c3ccccc3)nc(-c3ccccc3)n2)cc1)c1ccccc1)c1ccccc1. The van der Waals surface area contributed by atoms with Gasteiger partial charge in [-0.2, -0.15) is 0 Å². The van der Waals surface area contributed by atoms with E-state index in [0.717, 1.165) is 50.4 Å². The van der Waals surface area contributed by atoms with Crippen molar-refractivity contribution in [2.45, 2.75) is 6.92 Å². The average Bonchev–Trinajstić information content (AvgIpc) is 3.19. The maximum atomic E-state index is 6.47. The van der Waals surface area contributed by atoms with Crippen molar-refractivity contribution in [3.05, 3.63) is 199 Å². The van der Waals surface area contributed by atoms with Gasteiger partial charge in [0.25, 0.3) is 0 Å². The van der Waals surface area contributed by atoms with Gasteiger partial charge in [0.15, 0.2) is 17.5 Å². The molecule has 0 spiro atoms. The molecule has 7 rings (SSSR count). The van der Waals surface area contributed by atoms with E-state index in [1.54, 1.807) is 0 Å². The molecule has 1 heterocycles. The van der Waals surface area contributed by atoms with Crippen LogP contribution in [0.3, 0.4) is 0 Å². The summed E-state index contributed by atoms with van der Waals surface area (Å²) in [6.07, 6.45) is 2.03. The predicted octanol–water partition coefficient (Wildman–Crippen LogP) is 11.2. The Kier molecular flexibility index (Phi) is 9.56. The number of benzene rings is 6. The van der Waals surface area contributed by atoms with Gasteiger partial charge in [0, 0.05) is 33.5 Å². The molecule has 5 heteroatoms. The first-order valence-electron chi connectivity index (χ1n) is 16.4. The quantitative estimate of drug-likeness (QED) is 0.110. The largest absolute Gasteiger partial charge is 0.457 e. The van der Waals surface area contributed by atoms with Crippen LogP contribution in [0.1, 0.15) is 23.6 Å². The highest BCUT2D eigenvalue weighted by atomic mass is 16.5. The lowest BCUT2D eigenvalue weighted by Crippen LogP contribution is -2.01. The van der Waals surface area contributed by atoms with Crippen molar-refractivity contribution in [1.29, 1.82) is 0 Å². The summed E-state index contributed by atoms with van der Waals surface area (Å²) in [4.78, 5) is 19.6. The summed E-state index contributed by atoms with van der Waals surface area (Å²) >= 11 is 0. The van der Waals surface area contributed by atoms with Crippen molar-refractivity contribution in [2.75, 3.05) is 0 Å². The molecule has 50 heavy (non-hydrogen) atoms. The molecule has 0 saturated heterocycles. The van der Waals surface area contributed by atoms with E-state index in [-0.39, 0.29) is 0 Å². The highest BCUT2D eigenvalue weighted by molar-refractivity contribution is 6.04. The van der Waals surface area contributed by atoms with Crippen molar-refractivity contribution in [3.63, 3.8) is 0 Å². The molecule has 5 nitrogen and oxygen atoms in total. The van der Waals surface area contributed by atoms with E-state index in [9.17, 15) is 0 Å². The molecule has 240 valence electrons. The van der Waals surface area contributed by atoms with E-state index >= 15 is 0 Å². The van der Waals surface area contributed by atoms with E-state index in [4.69, 9.17) is 24.7 Å². The lowest BCUT2D eigenvalue weighted by Gasteiger charge is -2.13. The van der Waals surface area contributed by atoms with E-state index in [1.165, 1.54) is 0 Å². The Bertz CT molecular complexity index is 2220. The lowest BCUT2D eigenvalue weighted by molar-refractivity contribution is 0.481. The fourth-order valence-electron chi connectivity index (χ4n) is 5.52. The van der Waals surface area contributed by atoms with Crippen LogP contribution in [0.5, 0.6) is 11.5 Å². The van der Waals surface area contributed by atoms with Gasteiger partial charge in [0.05, 0.1) is 5.70 Å². The van der Waals surface area contributed by atoms with Crippen LogP contribution in [0.25, 0.3) is 45.4 Å². The third kappa shape index (κ3) is 7.53. The fraction of sp³-hybridized carbons (Fsp3) is 0.0222. The molecule has 0 bridgehead atoms. The Morgan fingerprint density at radius 1 is 0.520 bits per heavy atom. The molecule has 1 aromatic heterocycles. The number of nitrogens with zero attached hydrogens (tertiary/aromatic N) is 4. The van der Waals surface area contributed by atoms with Crippen LogP contribution in [0.2, 0.25) is 0 Å². The molecule has 0 aliphatic carbocycles. The second kappa shape index (κ2) is 15.0. The second-order valence-corrected chi connectivity index (χ2v) is 11.6. The molecule has 0 saturated carbocycles. The van der Waals surface area contributed by atoms with Crippen LogP contribution >= 0.6 is 0 Å². The monoisotopic (exact) mass is 646 g/mol. The van der Waals surface area contributed by atoms with Crippen molar-refractivity contribution < 1.29 is 4.74 Å². The first kappa shape index (κ1) is 31.9. The smallest absolute Gasteiger partial charge is 0.164 e. The Morgan fingerprint density at radius 3 is 1.50 bits per heavy atom. The van der Waals surface area contributed by atoms with Gasteiger partial charge in [0.2, 0.25) is 0 Å². The minimum Gasteiger partial charge on any atom is -0.457 e. The Morgan fingerprint density at radius 2 is 0.960 bits per heavy atom. The zero-order chi connectivity index (χ0) is 34.1. The van der Waals surface area contributed by atoms with Crippen LogP contribution in [0.4, 0.5) is 0 Å². The summed E-state index contributed by atoms with van der Waals surface area (Å²) in [6.45, 7) is 6.33. The summed E-state index contributed by atoms with van der Waals surface area (Å²) in [6, 6.07) is 56.0. The van der Waals surface area contributed by atoms with Gasteiger partial charge in [-0.05, 0) is 60.5 Å². The van der Waals surface area contributed by atoms with Gasteiger partial charge in [0.1, 0.15) is 11.5 Å². The van der Waals surface area contributed by atoms with E-state index in [0.29, 0.717) is 29.0 Å². The number of ether oxygens (including phenoxy) is 1. The van der Waals surface area contributed by atoms with Gasteiger partial charge in [-0.1, -0.05) is 140 Å². The number of para-hydroxylation sites is 1. The molecule has 0 aliphatic heterocycles. The Balaban J connectivity index is 1.18. The van der Waals surface area contributed by atoms with Crippen molar-refractivity contribution in [3.8, 4) is 45.7 Å². The third-order valence-electron chi connectivity index (χ3n) is 8.13. The number of allylic oxidation sites excluding steroid dienone is 2. The molecular weight excluding hydrogens is 613 g/mol. The highest BCUT2D eigenvalue weighted by Crippen LogP contribution is 2.31. The van der Waals surface area contributed by atoms with Crippen LogP contribution < -0.4 is 4.74 Å². The fourth-order valence-corrected chi connectivity index (χ4v) is 5.52. The predicted molar refractivity (Wildman–Crippen MR) is 205 cm³/mol. The maximum absolute atomic E-state index is 6.47. The minimum absolute atomic E-state index is 0.588. The zero-order valence-electron chi connectivity index (χ0n) is 27.6. The summed E-state index contributed by atoms with van der Waals surface area (Å²) in [7, 11) is 0. The first-order valence-corrected chi connectivity index (χ1v) is 16.4. The molecule has 0 radical (unpaired) electrons. The molecule has 6 aromatic carbocycles. The molecule has 0 fully saturated rings. The number of hydrogen-bond donors (Lipinski definition) is 0. The van der Waals surface area contributed by atoms with Crippen LogP contribution in [0.15, 0.2) is 188 Å². The lowest BCUT2D eigenvalue weighted by atomic mass is 10.0. The van der Waals surface area contributed by atoms with Crippen LogP contribution in [0, 0.1) is 0 Å². The summed E-state index contributed by atoms with van der Waals surface area (Å²) < 4.78 is 6.47. The molecule has 0 atom stereocenters. The Hall–Kier alpha value is -6.72. The van der Waals surface area contributed by atoms with E-state index < -0.39 is 0 Å². The summed E-state index contributed by atoms with van der Waals surface area (Å²) in [5.41, 5.74) is 8.17. The summed E-state index contributed by atoms with van der Waals surface area (Å²) in [5.74, 6) is 3.22. The number of aliphatic imine (C=N–C) groups is 1. The first-order chi connectivity index (χ1) is 24.6. The van der Waals surface area contributed by atoms with Crippen molar-refractivity contribution >= 4 is 17.0 Å². The summed E-state index contributed by atoms with van der Waals surface area (Å²) in [5, 5.41) is 0. The standard InChI is InChI=1S/C45H34N4O/c1-32(34-17-7-3-8-18-34)31-41(35-19-9-4-10-20-35)46-33(2)40-25-15-16-26-42(40)50-39-29-27-38(28-30-39)45-48-43(36-21-11-5-12-22-36)47-44(49-45)37-23-13-6-14-24-37/h3-31H,1H2,2H3/b41-31-,46-33?. The number of aromatic nitrogens is 3. The molecule has 0 aliphatic rings. The Labute approximate surface area is 292 Å². The molecule has 7 aromatic rings. The van der Waals surface area contributed by atoms with Crippen LogP contribution in [-0.4, -0.2) is 20.7 Å². The van der Waals surface area contributed by atoms with E-state index in [1.807, 2.05) is 159 Å². The highest BCUT2D eigenvalue weighted by Gasteiger charge is 2.14. The topological polar surface area (TPSA) is 60.3 Å². The molecule has 0 N–H and O–H groups in total.